The van der Waals surface area contributed by atoms with E-state index in [2.05, 4.69) is 26.5 Å². The van der Waals surface area contributed by atoms with E-state index in [9.17, 15) is 4.79 Å². The second kappa shape index (κ2) is 7.38. The molecule has 1 aromatic carbocycles. The molecule has 1 heterocycles. The summed E-state index contributed by atoms with van der Waals surface area (Å²) in [6.07, 6.45) is 1.61. The quantitative estimate of drug-likeness (QED) is 0.648. The van der Waals surface area contributed by atoms with Gasteiger partial charge >= 0.3 is 0 Å². The molecule has 0 aliphatic carbocycles. The molecule has 0 saturated heterocycles. The lowest BCUT2D eigenvalue weighted by molar-refractivity contribution is -0.123. The van der Waals surface area contributed by atoms with Crippen molar-refractivity contribution in [2.24, 2.45) is 5.10 Å². The van der Waals surface area contributed by atoms with Crippen molar-refractivity contribution in [2.75, 3.05) is 6.61 Å². The molecule has 0 aliphatic rings. The number of ether oxygens (including phenoxy) is 1. The molecule has 1 amide bonds. The molecule has 0 bridgehead atoms. The molecule has 110 valence electrons. The largest absolute Gasteiger partial charge is 0.483 e. The number of benzene rings is 1. The van der Waals surface area contributed by atoms with Crippen LogP contribution in [0.3, 0.4) is 0 Å². The molecule has 2 aromatic rings. The van der Waals surface area contributed by atoms with Crippen molar-refractivity contribution in [3.05, 3.63) is 50.1 Å². The fraction of sp³-hybridized carbons (Fsp3) is 0.200. The standard InChI is InChI=1S/C15H15BrN2O2S/c1-10-6-12(16)7-11(2)15(10)20-9-14(19)18-17-8-13-4-3-5-21-13/h3-8H,9H2,1-2H3,(H,18,19)/b17-8+. The lowest BCUT2D eigenvalue weighted by Gasteiger charge is -2.11. The van der Waals surface area contributed by atoms with Gasteiger partial charge in [0.15, 0.2) is 6.61 Å². The minimum Gasteiger partial charge on any atom is -0.483 e. The van der Waals surface area contributed by atoms with Gasteiger partial charge in [-0.1, -0.05) is 22.0 Å². The lowest BCUT2D eigenvalue weighted by atomic mass is 10.1. The van der Waals surface area contributed by atoms with Gasteiger partial charge in [-0.2, -0.15) is 5.10 Å². The average Bonchev–Trinajstić information content (AvgIpc) is 2.90. The number of hydrogen-bond acceptors (Lipinski definition) is 4. The molecule has 0 saturated carbocycles. The van der Waals surface area contributed by atoms with E-state index >= 15 is 0 Å². The molecule has 21 heavy (non-hydrogen) atoms. The van der Waals surface area contributed by atoms with Crippen molar-refractivity contribution in [3.8, 4) is 5.75 Å². The van der Waals surface area contributed by atoms with Gasteiger partial charge in [0, 0.05) is 9.35 Å². The van der Waals surface area contributed by atoms with E-state index in [1.807, 2.05) is 43.5 Å². The highest BCUT2D eigenvalue weighted by Gasteiger charge is 2.08. The molecular weight excluding hydrogens is 352 g/mol. The highest BCUT2D eigenvalue weighted by atomic mass is 79.9. The summed E-state index contributed by atoms with van der Waals surface area (Å²) in [4.78, 5) is 12.7. The predicted octanol–water partition coefficient (Wildman–Crippen LogP) is 3.66. The van der Waals surface area contributed by atoms with Gasteiger partial charge < -0.3 is 4.74 Å². The highest BCUT2D eigenvalue weighted by molar-refractivity contribution is 9.10. The molecule has 0 unspecified atom stereocenters. The Morgan fingerprint density at radius 2 is 2.14 bits per heavy atom. The van der Waals surface area contributed by atoms with E-state index in [0.717, 1.165) is 26.2 Å². The Kier molecular flexibility index (Phi) is 5.52. The summed E-state index contributed by atoms with van der Waals surface area (Å²) in [5, 5.41) is 5.83. The van der Waals surface area contributed by atoms with Crippen LogP contribution in [0.1, 0.15) is 16.0 Å². The number of rotatable bonds is 5. The third-order valence-corrected chi connectivity index (χ3v) is 3.96. The third kappa shape index (κ3) is 4.68. The zero-order chi connectivity index (χ0) is 15.2. The van der Waals surface area contributed by atoms with Crippen LogP contribution in [-0.4, -0.2) is 18.7 Å². The average molecular weight is 367 g/mol. The van der Waals surface area contributed by atoms with Gasteiger partial charge in [0.2, 0.25) is 0 Å². The normalized spacial score (nSPS) is 10.8. The van der Waals surface area contributed by atoms with Crippen molar-refractivity contribution >= 4 is 39.4 Å². The van der Waals surface area contributed by atoms with Gasteiger partial charge in [-0.15, -0.1) is 11.3 Å². The number of hydrogen-bond donors (Lipinski definition) is 1. The first-order chi connectivity index (χ1) is 10.1. The van der Waals surface area contributed by atoms with E-state index in [-0.39, 0.29) is 12.5 Å². The topological polar surface area (TPSA) is 50.7 Å². The number of halogens is 1. The smallest absolute Gasteiger partial charge is 0.277 e. The maximum atomic E-state index is 11.7. The predicted molar refractivity (Wildman–Crippen MR) is 89.2 cm³/mol. The fourth-order valence-corrected chi connectivity index (χ4v) is 3.10. The van der Waals surface area contributed by atoms with E-state index < -0.39 is 0 Å². The first kappa shape index (κ1) is 15.7. The second-order valence-corrected chi connectivity index (χ2v) is 6.36. The summed E-state index contributed by atoms with van der Waals surface area (Å²) in [6.45, 7) is 3.82. The first-order valence-electron chi connectivity index (χ1n) is 6.31. The lowest BCUT2D eigenvalue weighted by Crippen LogP contribution is -2.24. The summed E-state index contributed by atoms with van der Waals surface area (Å²) in [5.41, 5.74) is 4.41. The molecule has 0 fully saturated rings. The van der Waals surface area contributed by atoms with Crippen LogP contribution >= 0.6 is 27.3 Å². The molecule has 0 spiro atoms. The molecule has 1 aromatic heterocycles. The zero-order valence-corrected chi connectivity index (χ0v) is 14.1. The van der Waals surface area contributed by atoms with Gasteiger partial charge in [-0.3, -0.25) is 4.79 Å². The van der Waals surface area contributed by atoms with E-state index in [1.165, 1.54) is 0 Å². The number of thiophene rings is 1. The summed E-state index contributed by atoms with van der Waals surface area (Å²) < 4.78 is 6.56. The van der Waals surface area contributed by atoms with Crippen LogP contribution in [0.5, 0.6) is 5.75 Å². The van der Waals surface area contributed by atoms with Crippen molar-refractivity contribution in [1.82, 2.24) is 5.43 Å². The van der Waals surface area contributed by atoms with Crippen molar-refractivity contribution in [1.29, 1.82) is 0 Å². The number of carbonyl (C=O) groups is 1. The summed E-state index contributed by atoms with van der Waals surface area (Å²) in [6, 6.07) is 7.76. The van der Waals surface area contributed by atoms with Gasteiger partial charge in [0.05, 0.1) is 6.21 Å². The number of aryl methyl sites for hydroxylation is 2. The van der Waals surface area contributed by atoms with Crippen molar-refractivity contribution in [3.63, 3.8) is 0 Å². The minimum absolute atomic E-state index is 0.0644. The third-order valence-electron chi connectivity index (χ3n) is 2.70. The number of amides is 1. The molecule has 4 nitrogen and oxygen atoms in total. The van der Waals surface area contributed by atoms with Crippen molar-refractivity contribution < 1.29 is 9.53 Å². The Balaban J connectivity index is 1.87. The summed E-state index contributed by atoms with van der Waals surface area (Å²) in [5.74, 6) is 0.445. The number of nitrogens with zero attached hydrogens (tertiary/aromatic N) is 1. The maximum absolute atomic E-state index is 11.7. The molecule has 0 atom stereocenters. The van der Waals surface area contributed by atoms with Crippen LogP contribution in [0.15, 0.2) is 39.2 Å². The Labute approximate surface area is 136 Å². The Morgan fingerprint density at radius 1 is 1.43 bits per heavy atom. The molecule has 0 radical (unpaired) electrons. The minimum atomic E-state index is -0.287. The Morgan fingerprint density at radius 3 is 2.76 bits per heavy atom. The van der Waals surface area contributed by atoms with Crippen LogP contribution in [-0.2, 0) is 4.79 Å². The maximum Gasteiger partial charge on any atom is 0.277 e. The van der Waals surface area contributed by atoms with E-state index in [4.69, 9.17) is 4.74 Å². The SMILES string of the molecule is Cc1cc(Br)cc(C)c1OCC(=O)N/N=C/c1cccs1. The summed E-state index contributed by atoms with van der Waals surface area (Å²) >= 11 is 4.98. The summed E-state index contributed by atoms with van der Waals surface area (Å²) in [7, 11) is 0. The van der Waals surface area contributed by atoms with Gasteiger partial charge in [-0.05, 0) is 48.6 Å². The van der Waals surface area contributed by atoms with Crippen LogP contribution < -0.4 is 10.2 Å². The van der Waals surface area contributed by atoms with Gasteiger partial charge in [0.1, 0.15) is 5.75 Å². The van der Waals surface area contributed by atoms with Crippen LogP contribution in [0, 0.1) is 13.8 Å². The van der Waals surface area contributed by atoms with Gasteiger partial charge in [-0.25, -0.2) is 5.43 Å². The number of hydrazone groups is 1. The Hall–Kier alpha value is -1.66. The molecular formula is C15H15BrN2O2S. The second-order valence-electron chi connectivity index (χ2n) is 4.47. The molecule has 6 heteroatoms. The van der Waals surface area contributed by atoms with Crippen LogP contribution in [0.4, 0.5) is 0 Å². The van der Waals surface area contributed by atoms with E-state index in [1.54, 1.807) is 17.6 Å². The molecule has 2 rings (SSSR count). The highest BCUT2D eigenvalue weighted by Crippen LogP contribution is 2.27. The fourth-order valence-electron chi connectivity index (χ4n) is 1.83. The first-order valence-corrected chi connectivity index (χ1v) is 7.98. The monoisotopic (exact) mass is 366 g/mol. The van der Waals surface area contributed by atoms with E-state index in [0.29, 0.717) is 0 Å². The van der Waals surface area contributed by atoms with Gasteiger partial charge in [0.25, 0.3) is 5.91 Å². The van der Waals surface area contributed by atoms with Crippen LogP contribution in [0.2, 0.25) is 0 Å². The Bertz CT molecular complexity index is 631. The molecule has 0 aliphatic heterocycles. The number of carbonyl (C=O) groups excluding carboxylic acids is 1. The molecule has 1 N–H and O–H groups in total. The van der Waals surface area contributed by atoms with Crippen molar-refractivity contribution in [2.45, 2.75) is 13.8 Å². The number of nitrogens with one attached hydrogen (secondary N) is 1. The zero-order valence-electron chi connectivity index (χ0n) is 11.7. The van der Waals surface area contributed by atoms with Crippen LogP contribution in [0.25, 0.3) is 0 Å².